The Morgan fingerprint density at radius 1 is 1.00 bits per heavy atom. The molecule has 0 atom stereocenters. The van der Waals surface area contributed by atoms with Crippen LogP contribution in [0.3, 0.4) is 0 Å². The van der Waals surface area contributed by atoms with Crippen molar-refractivity contribution in [2.45, 2.75) is 0 Å². The Labute approximate surface area is 173 Å². The summed E-state index contributed by atoms with van der Waals surface area (Å²) in [5.41, 5.74) is 4.58. The molecule has 0 saturated carbocycles. The standard InChI is InChI=1S/C21H22N4O5/c1-27-14-8-9-18(28-2)15(10-14)16-11-17(24-23-16)21(26)25-22-12-13-6-5-7-19(29-3)20(13)30-4/h5-12H,1-4H3,(H,23,24)(H,25,26). The molecule has 0 bridgehead atoms. The highest BCUT2D eigenvalue weighted by Crippen LogP contribution is 2.32. The lowest BCUT2D eigenvalue weighted by Crippen LogP contribution is -2.18. The summed E-state index contributed by atoms with van der Waals surface area (Å²) < 4.78 is 21.2. The van der Waals surface area contributed by atoms with E-state index in [4.69, 9.17) is 18.9 Å². The monoisotopic (exact) mass is 410 g/mol. The van der Waals surface area contributed by atoms with E-state index in [1.165, 1.54) is 13.3 Å². The molecule has 0 radical (unpaired) electrons. The molecule has 1 heterocycles. The molecule has 1 amide bonds. The van der Waals surface area contributed by atoms with Crippen molar-refractivity contribution in [2.24, 2.45) is 5.10 Å². The molecule has 1 aromatic heterocycles. The number of aromatic nitrogens is 2. The molecular formula is C21H22N4O5. The summed E-state index contributed by atoms with van der Waals surface area (Å²) in [5.74, 6) is 1.90. The number of methoxy groups -OCH3 is 4. The number of aromatic amines is 1. The van der Waals surface area contributed by atoms with Gasteiger partial charge in [0.2, 0.25) is 0 Å². The number of carbonyl (C=O) groups is 1. The van der Waals surface area contributed by atoms with Gasteiger partial charge in [0, 0.05) is 11.1 Å². The maximum absolute atomic E-state index is 12.4. The van der Waals surface area contributed by atoms with Crippen molar-refractivity contribution in [3.63, 3.8) is 0 Å². The number of hydrogen-bond acceptors (Lipinski definition) is 7. The predicted octanol–water partition coefficient (Wildman–Crippen LogP) is 2.88. The third kappa shape index (κ3) is 4.35. The van der Waals surface area contributed by atoms with Gasteiger partial charge in [-0.3, -0.25) is 9.89 Å². The zero-order valence-corrected chi connectivity index (χ0v) is 17.1. The molecule has 2 aromatic carbocycles. The van der Waals surface area contributed by atoms with Crippen molar-refractivity contribution >= 4 is 12.1 Å². The summed E-state index contributed by atoms with van der Waals surface area (Å²) in [4.78, 5) is 12.4. The molecule has 30 heavy (non-hydrogen) atoms. The maximum Gasteiger partial charge on any atom is 0.289 e. The molecule has 0 fully saturated rings. The van der Waals surface area contributed by atoms with Crippen molar-refractivity contribution in [3.8, 4) is 34.3 Å². The SMILES string of the molecule is COc1ccc(OC)c(-c2cc(C(=O)NN=Cc3cccc(OC)c3OC)[nH]n2)c1. The lowest BCUT2D eigenvalue weighted by atomic mass is 10.1. The van der Waals surface area contributed by atoms with Gasteiger partial charge in [0.25, 0.3) is 5.91 Å². The van der Waals surface area contributed by atoms with E-state index in [0.717, 1.165) is 0 Å². The van der Waals surface area contributed by atoms with Crippen LogP contribution in [0.2, 0.25) is 0 Å². The predicted molar refractivity (Wildman–Crippen MR) is 112 cm³/mol. The van der Waals surface area contributed by atoms with Gasteiger partial charge in [0.1, 0.15) is 17.2 Å². The van der Waals surface area contributed by atoms with E-state index in [2.05, 4.69) is 20.7 Å². The number of ether oxygens (including phenoxy) is 4. The fraction of sp³-hybridized carbons (Fsp3) is 0.190. The fourth-order valence-corrected chi connectivity index (χ4v) is 2.82. The molecule has 2 N–H and O–H groups in total. The normalized spacial score (nSPS) is 10.7. The number of H-pyrrole nitrogens is 1. The maximum atomic E-state index is 12.4. The minimum absolute atomic E-state index is 0.240. The van der Waals surface area contributed by atoms with Gasteiger partial charge in [-0.15, -0.1) is 0 Å². The number of benzene rings is 2. The summed E-state index contributed by atoms with van der Waals surface area (Å²) in [6.45, 7) is 0. The molecule has 3 aromatic rings. The number of carbonyl (C=O) groups excluding carboxylic acids is 1. The third-order valence-corrected chi connectivity index (χ3v) is 4.31. The van der Waals surface area contributed by atoms with Crippen LogP contribution in [-0.4, -0.2) is 50.8 Å². The Kier molecular flexibility index (Phi) is 6.53. The molecule has 9 nitrogen and oxygen atoms in total. The Morgan fingerprint density at radius 3 is 2.50 bits per heavy atom. The van der Waals surface area contributed by atoms with Crippen molar-refractivity contribution in [1.82, 2.24) is 15.6 Å². The Bertz CT molecular complexity index is 1060. The number of para-hydroxylation sites is 1. The molecule has 0 aliphatic carbocycles. The molecule has 9 heteroatoms. The first-order chi connectivity index (χ1) is 14.6. The lowest BCUT2D eigenvalue weighted by Gasteiger charge is -2.09. The van der Waals surface area contributed by atoms with Crippen LogP contribution in [0.5, 0.6) is 23.0 Å². The van der Waals surface area contributed by atoms with Crippen LogP contribution in [0.4, 0.5) is 0 Å². The van der Waals surface area contributed by atoms with E-state index >= 15 is 0 Å². The van der Waals surface area contributed by atoms with Crippen LogP contribution in [0.25, 0.3) is 11.3 Å². The van der Waals surface area contributed by atoms with Gasteiger partial charge in [-0.1, -0.05) is 6.07 Å². The molecule has 0 aliphatic rings. The van der Waals surface area contributed by atoms with Gasteiger partial charge in [0.05, 0.1) is 40.3 Å². The van der Waals surface area contributed by atoms with Gasteiger partial charge in [0.15, 0.2) is 11.5 Å². The first kappa shape index (κ1) is 20.7. The third-order valence-electron chi connectivity index (χ3n) is 4.31. The Balaban J connectivity index is 1.76. The van der Waals surface area contributed by atoms with Gasteiger partial charge in [-0.25, -0.2) is 5.43 Å². The summed E-state index contributed by atoms with van der Waals surface area (Å²) in [6.07, 6.45) is 1.47. The lowest BCUT2D eigenvalue weighted by molar-refractivity contribution is 0.0950. The van der Waals surface area contributed by atoms with E-state index in [-0.39, 0.29) is 5.69 Å². The highest BCUT2D eigenvalue weighted by Gasteiger charge is 2.15. The molecule has 3 rings (SSSR count). The summed E-state index contributed by atoms with van der Waals surface area (Å²) in [7, 11) is 6.22. The molecular weight excluding hydrogens is 388 g/mol. The summed E-state index contributed by atoms with van der Waals surface area (Å²) in [6, 6.07) is 12.3. The van der Waals surface area contributed by atoms with Crippen LogP contribution in [0, 0.1) is 0 Å². The van der Waals surface area contributed by atoms with E-state index in [0.29, 0.717) is 39.8 Å². The highest BCUT2D eigenvalue weighted by molar-refractivity contribution is 5.94. The van der Waals surface area contributed by atoms with Crippen molar-refractivity contribution in [2.75, 3.05) is 28.4 Å². The molecule has 0 saturated heterocycles. The zero-order valence-electron chi connectivity index (χ0n) is 17.1. The number of amides is 1. The van der Waals surface area contributed by atoms with Gasteiger partial charge < -0.3 is 18.9 Å². The molecule has 0 aliphatic heterocycles. The minimum Gasteiger partial charge on any atom is -0.497 e. The van der Waals surface area contributed by atoms with Gasteiger partial charge in [-0.2, -0.15) is 10.2 Å². The second-order valence-corrected chi connectivity index (χ2v) is 6.01. The number of nitrogens with zero attached hydrogens (tertiary/aromatic N) is 2. The minimum atomic E-state index is -0.450. The van der Waals surface area contributed by atoms with E-state index < -0.39 is 5.91 Å². The number of hydrogen-bond donors (Lipinski definition) is 2. The van der Waals surface area contributed by atoms with Gasteiger partial charge >= 0.3 is 0 Å². The average Bonchev–Trinajstić information content (AvgIpc) is 3.28. The fourth-order valence-electron chi connectivity index (χ4n) is 2.82. The number of hydrazone groups is 1. The molecule has 156 valence electrons. The Hall–Kier alpha value is -4.01. The summed E-state index contributed by atoms with van der Waals surface area (Å²) >= 11 is 0. The van der Waals surface area contributed by atoms with Crippen molar-refractivity contribution in [1.29, 1.82) is 0 Å². The average molecular weight is 410 g/mol. The van der Waals surface area contributed by atoms with Crippen molar-refractivity contribution < 1.29 is 23.7 Å². The van der Waals surface area contributed by atoms with E-state index in [1.807, 2.05) is 0 Å². The molecule has 0 spiro atoms. The van der Waals surface area contributed by atoms with Crippen molar-refractivity contribution in [3.05, 3.63) is 53.7 Å². The van der Waals surface area contributed by atoms with Crippen LogP contribution in [0.1, 0.15) is 16.1 Å². The zero-order chi connectivity index (χ0) is 21.5. The van der Waals surface area contributed by atoms with Crippen LogP contribution >= 0.6 is 0 Å². The van der Waals surface area contributed by atoms with E-state index in [9.17, 15) is 4.79 Å². The summed E-state index contributed by atoms with van der Waals surface area (Å²) in [5, 5.41) is 10.9. The number of rotatable bonds is 8. The molecule has 0 unspecified atom stereocenters. The topological polar surface area (TPSA) is 107 Å². The second-order valence-electron chi connectivity index (χ2n) is 6.01. The quantitative estimate of drug-likeness (QED) is 0.437. The highest BCUT2D eigenvalue weighted by atomic mass is 16.5. The van der Waals surface area contributed by atoms with Crippen LogP contribution in [0.15, 0.2) is 47.6 Å². The largest absolute Gasteiger partial charge is 0.497 e. The van der Waals surface area contributed by atoms with Crippen LogP contribution in [-0.2, 0) is 0 Å². The smallest absolute Gasteiger partial charge is 0.289 e. The van der Waals surface area contributed by atoms with E-state index in [1.54, 1.807) is 63.8 Å². The first-order valence-corrected chi connectivity index (χ1v) is 8.93. The second kappa shape index (κ2) is 9.46. The Morgan fingerprint density at radius 2 is 1.80 bits per heavy atom. The number of nitrogens with one attached hydrogen (secondary N) is 2. The van der Waals surface area contributed by atoms with Crippen LogP contribution < -0.4 is 24.4 Å². The van der Waals surface area contributed by atoms with Gasteiger partial charge in [-0.05, 0) is 36.4 Å². The first-order valence-electron chi connectivity index (χ1n) is 8.93.